The van der Waals surface area contributed by atoms with Crippen LogP contribution in [0.5, 0.6) is 0 Å². The molecule has 0 aromatic heterocycles. The van der Waals surface area contributed by atoms with Crippen molar-refractivity contribution in [2.75, 3.05) is 20.1 Å². The van der Waals surface area contributed by atoms with Gasteiger partial charge in [0, 0.05) is 19.1 Å². The topological polar surface area (TPSA) is 32.3 Å². The lowest BCUT2D eigenvalue weighted by molar-refractivity contribution is 0.0625. The van der Waals surface area contributed by atoms with Crippen LogP contribution < -0.4 is 5.32 Å². The smallest absolute Gasteiger partial charge is 0.256 e. The van der Waals surface area contributed by atoms with Gasteiger partial charge in [-0.1, -0.05) is 13.3 Å². The fourth-order valence-electron chi connectivity index (χ4n) is 2.87. The van der Waals surface area contributed by atoms with Crippen LogP contribution in [-0.4, -0.2) is 37.0 Å². The Morgan fingerprint density at radius 1 is 1.33 bits per heavy atom. The maximum absolute atomic E-state index is 13.7. The van der Waals surface area contributed by atoms with Gasteiger partial charge in [-0.3, -0.25) is 4.79 Å². The summed E-state index contributed by atoms with van der Waals surface area (Å²) in [6.45, 7) is 2.99. The third kappa shape index (κ3) is 3.05. The molecular formula is C15H19F3N2O. The molecule has 21 heavy (non-hydrogen) atoms. The van der Waals surface area contributed by atoms with E-state index in [0.717, 1.165) is 25.0 Å². The summed E-state index contributed by atoms with van der Waals surface area (Å²) in [5.41, 5.74) is -0.410. The van der Waals surface area contributed by atoms with Gasteiger partial charge in [0.25, 0.3) is 5.91 Å². The number of carbonyl (C=O) groups is 1. The van der Waals surface area contributed by atoms with E-state index in [1.165, 1.54) is 4.90 Å². The largest absolute Gasteiger partial charge is 0.338 e. The van der Waals surface area contributed by atoms with Gasteiger partial charge in [-0.25, -0.2) is 13.2 Å². The van der Waals surface area contributed by atoms with E-state index in [1.807, 2.05) is 14.0 Å². The van der Waals surface area contributed by atoms with Crippen molar-refractivity contribution in [2.45, 2.75) is 25.8 Å². The number of rotatable bonds is 3. The lowest BCUT2D eigenvalue weighted by Gasteiger charge is -2.38. The molecule has 0 bridgehead atoms. The molecule has 1 saturated heterocycles. The minimum Gasteiger partial charge on any atom is -0.338 e. The number of likely N-dealkylation sites (tertiary alicyclic amines) is 1. The van der Waals surface area contributed by atoms with E-state index in [0.29, 0.717) is 19.1 Å². The Balaban J connectivity index is 2.19. The monoisotopic (exact) mass is 300 g/mol. The molecule has 1 heterocycles. The van der Waals surface area contributed by atoms with Crippen LogP contribution >= 0.6 is 0 Å². The SMILES string of the molecule is CCC1CN(C(=O)c2ccc(F)c(F)c2F)CCC1NC. The van der Waals surface area contributed by atoms with E-state index < -0.39 is 28.9 Å². The Kier molecular flexibility index (Phi) is 4.88. The van der Waals surface area contributed by atoms with Crippen molar-refractivity contribution in [2.24, 2.45) is 5.92 Å². The van der Waals surface area contributed by atoms with Crippen molar-refractivity contribution < 1.29 is 18.0 Å². The van der Waals surface area contributed by atoms with Crippen LogP contribution in [0.1, 0.15) is 30.1 Å². The van der Waals surface area contributed by atoms with E-state index in [2.05, 4.69) is 5.32 Å². The van der Waals surface area contributed by atoms with Crippen molar-refractivity contribution >= 4 is 5.91 Å². The van der Waals surface area contributed by atoms with Crippen LogP contribution in [0.3, 0.4) is 0 Å². The highest BCUT2D eigenvalue weighted by atomic mass is 19.2. The van der Waals surface area contributed by atoms with E-state index >= 15 is 0 Å². The van der Waals surface area contributed by atoms with Crippen LogP contribution in [0.15, 0.2) is 12.1 Å². The van der Waals surface area contributed by atoms with Crippen molar-refractivity contribution in [1.29, 1.82) is 0 Å². The summed E-state index contributed by atoms with van der Waals surface area (Å²) in [6, 6.07) is 2.10. The van der Waals surface area contributed by atoms with Crippen LogP contribution in [0.25, 0.3) is 0 Å². The molecular weight excluding hydrogens is 281 g/mol. The van der Waals surface area contributed by atoms with Crippen molar-refractivity contribution in [3.63, 3.8) is 0 Å². The van der Waals surface area contributed by atoms with E-state index in [-0.39, 0.29) is 5.92 Å². The third-order valence-electron chi connectivity index (χ3n) is 4.18. The Morgan fingerprint density at radius 2 is 2.05 bits per heavy atom. The molecule has 0 saturated carbocycles. The molecule has 1 aromatic rings. The van der Waals surface area contributed by atoms with Crippen molar-refractivity contribution in [1.82, 2.24) is 10.2 Å². The number of nitrogens with zero attached hydrogens (tertiary/aromatic N) is 1. The molecule has 116 valence electrons. The number of hydrogen-bond acceptors (Lipinski definition) is 2. The highest BCUT2D eigenvalue weighted by Gasteiger charge is 2.31. The Morgan fingerprint density at radius 3 is 2.67 bits per heavy atom. The molecule has 2 atom stereocenters. The number of amides is 1. The van der Waals surface area contributed by atoms with E-state index in [1.54, 1.807) is 0 Å². The molecule has 1 fully saturated rings. The highest BCUT2D eigenvalue weighted by molar-refractivity contribution is 5.94. The normalized spacial score (nSPS) is 22.4. The molecule has 6 heteroatoms. The van der Waals surface area contributed by atoms with E-state index in [9.17, 15) is 18.0 Å². The van der Waals surface area contributed by atoms with Crippen molar-refractivity contribution in [3.8, 4) is 0 Å². The lowest BCUT2D eigenvalue weighted by Crippen LogP contribution is -2.50. The predicted molar refractivity (Wildman–Crippen MR) is 73.5 cm³/mol. The molecule has 0 aliphatic carbocycles. The van der Waals surface area contributed by atoms with Gasteiger partial charge in [-0.05, 0) is 31.5 Å². The first-order valence-electron chi connectivity index (χ1n) is 7.09. The quantitative estimate of drug-likeness (QED) is 0.870. The van der Waals surface area contributed by atoms with Gasteiger partial charge in [0.15, 0.2) is 17.5 Å². The number of halogens is 3. The van der Waals surface area contributed by atoms with Gasteiger partial charge >= 0.3 is 0 Å². The molecule has 1 aliphatic heterocycles. The van der Waals surface area contributed by atoms with E-state index in [4.69, 9.17) is 0 Å². The van der Waals surface area contributed by atoms with Gasteiger partial charge in [0.05, 0.1) is 5.56 Å². The van der Waals surface area contributed by atoms with Crippen LogP contribution in [-0.2, 0) is 0 Å². The van der Waals surface area contributed by atoms with Crippen molar-refractivity contribution in [3.05, 3.63) is 35.1 Å². The van der Waals surface area contributed by atoms with Gasteiger partial charge in [0.1, 0.15) is 0 Å². The molecule has 1 aliphatic rings. The zero-order valence-electron chi connectivity index (χ0n) is 12.1. The average molecular weight is 300 g/mol. The second kappa shape index (κ2) is 6.47. The molecule has 0 radical (unpaired) electrons. The first-order valence-corrected chi connectivity index (χ1v) is 7.09. The average Bonchev–Trinajstić information content (AvgIpc) is 2.51. The maximum atomic E-state index is 13.7. The minimum atomic E-state index is -1.60. The first kappa shape index (κ1) is 15.8. The van der Waals surface area contributed by atoms with Gasteiger partial charge < -0.3 is 10.2 Å². The lowest BCUT2D eigenvalue weighted by atomic mass is 9.89. The van der Waals surface area contributed by atoms with Crippen LogP contribution in [0.2, 0.25) is 0 Å². The van der Waals surface area contributed by atoms with Crippen LogP contribution in [0, 0.1) is 23.4 Å². The molecule has 1 N–H and O–H groups in total. The predicted octanol–water partition coefficient (Wildman–Crippen LogP) is 2.56. The first-order chi connectivity index (χ1) is 9.99. The number of piperidine rings is 1. The summed E-state index contributed by atoms with van der Waals surface area (Å²) in [7, 11) is 1.87. The molecule has 3 nitrogen and oxygen atoms in total. The van der Waals surface area contributed by atoms with Gasteiger partial charge in [-0.2, -0.15) is 0 Å². The summed E-state index contributed by atoms with van der Waals surface area (Å²) in [6.07, 6.45) is 1.64. The Hall–Kier alpha value is -1.56. The zero-order chi connectivity index (χ0) is 15.6. The summed E-state index contributed by atoms with van der Waals surface area (Å²) in [4.78, 5) is 13.8. The fourth-order valence-corrected chi connectivity index (χ4v) is 2.87. The van der Waals surface area contributed by atoms with Crippen LogP contribution in [0.4, 0.5) is 13.2 Å². The van der Waals surface area contributed by atoms with Gasteiger partial charge in [-0.15, -0.1) is 0 Å². The minimum absolute atomic E-state index is 0.265. The zero-order valence-corrected chi connectivity index (χ0v) is 12.1. The summed E-state index contributed by atoms with van der Waals surface area (Å²) in [5, 5.41) is 3.21. The summed E-state index contributed by atoms with van der Waals surface area (Å²) < 4.78 is 39.9. The Bertz CT molecular complexity index is 536. The van der Waals surface area contributed by atoms with Gasteiger partial charge in [0.2, 0.25) is 0 Å². The maximum Gasteiger partial charge on any atom is 0.256 e. The standard InChI is InChI=1S/C15H19F3N2O/c1-3-9-8-20(7-6-12(9)19-2)15(21)10-4-5-11(16)14(18)13(10)17/h4-5,9,12,19H,3,6-8H2,1-2H3. The molecule has 1 amide bonds. The number of hydrogen-bond donors (Lipinski definition) is 1. The second-order valence-corrected chi connectivity index (χ2v) is 5.33. The Labute approximate surface area is 122 Å². The fraction of sp³-hybridized carbons (Fsp3) is 0.533. The summed E-state index contributed by atoms with van der Waals surface area (Å²) in [5.74, 6) is -4.62. The molecule has 0 spiro atoms. The molecule has 2 unspecified atom stereocenters. The molecule has 1 aromatic carbocycles. The number of nitrogens with one attached hydrogen (secondary N) is 1. The highest BCUT2D eigenvalue weighted by Crippen LogP contribution is 2.23. The molecule has 2 rings (SSSR count). The third-order valence-corrected chi connectivity index (χ3v) is 4.18. The number of carbonyl (C=O) groups excluding carboxylic acids is 1. The second-order valence-electron chi connectivity index (χ2n) is 5.33. The summed E-state index contributed by atoms with van der Waals surface area (Å²) >= 11 is 0. The number of benzene rings is 1.